The maximum Gasteiger partial charge on any atom is 0.421 e. The lowest BCUT2D eigenvalue weighted by molar-refractivity contribution is -0.137. The normalized spacial score (nSPS) is 25.7. The second-order valence-electron chi connectivity index (χ2n) is 9.67. The van der Waals surface area contributed by atoms with Crippen LogP contribution in [0.5, 0.6) is 0 Å². The van der Waals surface area contributed by atoms with E-state index in [4.69, 9.17) is 0 Å². The molecular formula is C24H29F3N6O. The molecule has 34 heavy (non-hydrogen) atoms. The predicted molar refractivity (Wildman–Crippen MR) is 123 cm³/mol. The van der Waals surface area contributed by atoms with Gasteiger partial charge in [0.1, 0.15) is 11.4 Å². The van der Waals surface area contributed by atoms with Crippen molar-refractivity contribution in [2.24, 2.45) is 0 Å². The first-order valence-corrected chi connectivity index (χ1v) is 11.7. The fourth-order valence-electron chi connectivity index (χ4n) is 5.90. The lowest BCUT2D eigenvalue weighted by Gasteiger charge is -2.28. The monoisotopic (exact) mass is 474 g/mol. The number of hydrogen-bond acceptors (Lipinski definition) is 6. The molecule has 4 atom stereocenters. The van der Waals surface area contributed by atoms with Crippen LogP contribution in [0.3, 0.4) is 0 Å². The van der Waals surface area contributed by atoms with Crippen molar-refractivity contribution in [2.75, 3.05) is 24.7 Å². The van der Waals surface area contributed by atoms with E-state index in [9.17, 15) is 18.0 Å². The van der Waals surface area contributed by atoms with Crippen molar-refractivity contribution in [3.8, 4) is 0 Å². The van der Waals surface area contributed by atoms with Crippen LogP contribution in [0.25, 0.3) is 0 Å². The van der Waals surface area contributed by atoms with Gasteiger partial charge in [0.05, 0.1) is 12.1 Å². The first kappa shape index (κ1) is 22.9. The largest absolute Gasteiger partial charge is 0.421 e. The Bertz CT molecular complexity index is 1100. The molecule has 10 heteroatoms. The number of nitrogens with zero attached hydrogens (tertiary/aromatic N) is 4. The zero-order valence-corrected chi connectivity index (χ0v) is 19.5. The van der Waals surface area contributed by atoms with Crippen molar-refractivity contribution in [2.45, 2.75) is 69.4 Å². The molecule has 2 N–H and O–H groups in total. The van der Waals surface area contributed by atoms with E-state index in [2.05, 4.69) is 20.6 Å². The summed E-state index contributed by atoms with van der Waals surface area (Å²) in [4.78, 5) is 24.3. The number of carbonyl (C=O) groups is 1. The van der Waals surface area contributed by atoms with Gasteiger partial charge in [-0.1, -0.05) is 6.07 Å². The summed E-state index contributed by atoms with van der Waals surface area (Å²) in [6.07, 6.45) is 0.812. The highest BCUT2D eigenvalue weighted by atomic mass is 19.4. The van der Waals surface area contributed by atoms with Gasteiger partial charge in [0, 0.05) is 30.9 Å². The molecular weight excluding hydrogens is 445 g/mol. The number of anilines is 3. The third kappa shape index (κ3) is 3.97. The van der Waals surface area contributed by atoms with Gasteiger partial charge in [-0.05, 0) is 69.5 Å². The van der Waals surface area contributed by atoms with Crippen molar-refractivity contribution in [3.63, 3.8) is 0 Å². The Morgan fingerprint density at radius 1 is 1.12 bits per heavy atom. The highest BCUT2D eigenvalue weighted by molar-refractivity contribution is 5.77. The number of fused-ring (bicyclic) bond motifs is 5. The Hall–Kier alpha value is -2.88. The smallest absolute Gasteiger partial charge is 0.365 e. The average Bonchev–Trinajstić information content (AvgIpc) is 3.47. The Morgan fingerprint density at radius 2 is 1.85 bits per heavy atom. The summed E-state index contributed by atoms with van der Waals surface area (Å²) in [5.74, 6) is -0.0453. The SMILES string of the molecule is CC(=O)N1C2CCC1c1cc(Nc3ncc(C(F)(F)F)c(N[C@@H]4CCC[C@H]4N(C)C)n3)ccc12. The fraction of sp³-hybridized carbons (Fsp3) is 0.542. The van der Waals surface area contributed by atoms with Gasteiger partial charge in [-0.25, -0.2) is 4.98 Å². The van der Waals surface area contributed by atoms with Crippen LogP contribution in [0.4, 0.5) is 30.6 Å². The molecule has 0 spiro atoms. The Balaban J connectivity index is 1.41. The molecule has 1 aliphatic carbocycles. The van der Waals surface area contributed by atoms with Crippen molar-refractivity contribution >= 4 is 23.4 Å². The van der Waals surface area contributed by atoms with E-state index >= 15 is 0 Å². The van der Waals surface area contributed by atoms with Crippen molar-refractivity contribution in [1.82, 2.24) is 19.8 Å². The van der Waals surface area contributed by atoms with Gasteiger partial charge in [-0.3, -0.25) is 4.79 Å². The molecule has 2 aliphatic heterocycles. The molecule has 3 aliphatic rings. The number of hydrogen-bond donors (Lipinski definition) is 2. The molecule has 0 radical (unpaired) electrons. The van der Waals surface area contributed by atoms with Gasteiger partial charge >= 0.3 is 6.18 Å². The zero-order chi connectivity index (χ0) is 24.2. The summed E-state index contributed by atoms with van der Waals surface area (Å²) >= 11 is 0. The summed E-state index contributed by atoms with van der Waals surface area (Å²) in [5, 5.41) is 6.13. The van der Waals surface area contributed by atoms with E-state index in [0.29, 0.717) is 5.69 Å². The third-order valence-electron chi connectivity index (χ3n) is 7.37. The molecule has 7 nitrogen and oxygen atoms in total. The maximum atomic E-state index is 13.7. The average molecular weight is 475 g/mol. The number of likely N-dealkylation sites (N-methyl/N-ethyl adjacent to an activating group) is 1. The van der Waals surface area contributed by atoms with E-state index in [-0.39, 0.29) is 41.8 Å². The van der Waals surface area contributed by atoms with Crippen LogP contribution in [-0.4, -0.2) is 51.9 Å². The second-order valence-corrected chi connectivity index (χ2v) is 9.67. The van der Waals surface area contributed by atoms with Gasteiger partial charge in [-0.2, -0.15) is 18.2 Å². The third-order valence-corrected chi connectivity index (χ3v) is 7.37. The van der Waals surface area contributed by atoms with E-state index in [1.165, 1.54) is 0 Å². The number of alkyl halides is 3. The van der Waals surface area contributed by atoms with Crippen LogP contribution in [-0.2, 0) is 11.0 Å². The highest BCUT2D eigenvalue weighted by Gasteiger charge is 2.45. The molecule has 1 aromatic heterocycles. The lowest BCUT2D eigenvalue weighted by Crippen LogP contribution is -2.39. The molecule has 5 rings (SSSR count). The molecule has 2 aromatic rings. The number of rotatable bonds is 5. The summed E-state index contributed by atoms with van der Waals surface area (Å²) in [5.41, 5.74) is 2.04. The maximum absolute atomic E-state index is 13.7. The minimum atomic E-state index is -4.56. The number of benzene rings is 1. The van der Waals surface area contributed by atoms with E-state index < -0.39 is 11.7 Å². The molecule has 3 heterocycles. The van der Waals surface area contributed by atoms with Crippen molar-refractivity contribution in [1.29, 1.82) is 0 Å². The lowest BCUT2D eigenvalue weighted by atomic mass is 9.91. The zero-order valence-electron chi connectivity index (χ0n) is 19.5. The number of amides is 1. The number of halogens is 3. The molecule has 1 amide bonds. The molecule has 1 aromatic carbocycles. The van der Waals surface area contributed by atoms with Crippen LogP contribution >= 0.6 is 0 Å². The van der Waals surface area contributed by atoms with E-state index in [0.717, 1.165) is 49.4 Å². The number of nitrogens with one attached hydrogen (secondary N) is 2. The first-order chi connectivity index (χ1) is 16.1. The van der Waals surface area contributed by atoms with E-state index in [1.807, 2.05) is 42.1 Å². The molecule has 2 unspecified atom stereocenters. The Labute approximate surface area is 196 Å². The molecule has 182 valence electrons. The van der Waals surface area contributed by atoms with Crippen LogP contribution in [0.15, 0.2) is 24.4 Å². The first-order valence-electron chi connectivity index (χ1n) is 11.7. The van der Waals surface area contributed by atoms with Crippen molar-refractivity contribution < 1.29 is 18.0 Å². The van der Waals surface area contributed by atoms with E-state index in [1.54, 1.807) is 6.92 Å². The predicted octanol–water partition coefficient (Wildman–Crippen LogP) is 4.87. The second kappa shape index (κ2) is 8.41. The standard InChI is InChI=1S/C24H29F3N6O/c1-13(34)33-19-9-10-20(33)16-11-14(7-8-15(16)19)29-23-28-12-17(24(25,26)27)22(31-23)30-18-5-4-6-21(18)32(2)3/h7-8,11-12,18-21H,4-6,9-10H2,1-3H3,(H2,28,29,30,31)/t18-,19?,20?,21-/m1/s1. The van der Waals surface area contributed by atoms with Crippen LogP contribution < -0.4 is 10.6 Å². The summed E-state index contributed by atoms with van der Waals surface area (Å²) < 4.78 is 41.1. The number of aromatic nitrogens is 2. The fourth-order valence-corrected chi connectivity index (χ4v) is 5.90. The van der Waals surface area contributed by atoms with Crippen LogP contribution in [0.2, 0.25) is 0 Å². The number of carbonyl (C=O) groups excluding carboxylic acids is 1. The Morgan fingerprint density at radius 3 is 2.53 bits per heavy atom. The minimum absolute atomic E-state index is 0.0512. The molecule has 1 saturated heterocycles. The van der Waals surface area contributed by atoms with Gasteiger partial charge < -0.3 is 20.4 Å². The van der Waals surface area contributed by atoms with Gasteiger partial charge in [0.2, 0.25) is 11.9 Å². The van der Waals surface area contributed by atoms with Crippen molar-refractivity contribution in [3.05, 3.63) is 41.1 Å². The minimum Gasteiger partial charge on any atom is -0.365 e. The van der Waals surface area contributed by atoms with Gasteiger partial charge in [0.25, 0.3) is 0 Å². The Kier molecular flexibility index (Phi) is 5.66. The summed E-state index contributed by atoms with van der Waals surface area (Å²) in [7, 11) is 3.88. The molecule has 2 fully saturated rings. The quantitative estimate of drug-likeness (QED) is 0.644. The van der Waals surface area contributed by atoms with Crippen LogP contribution in [0, 0.1) is 0 Å². The summed E-state index contributed by atoms with van der Waals surface area (Å²) in [6.45, 7) is 1.59. The molecule has 1 saturated carbocycles. The van der Waals surface area contributed by atoms with Crippen LogP contribution in [0.1, 0.15) is 67.8 Å². The van der Waals surface area contributed by atoms with Gasteiger partial charge in [0.15, 0.2) is 0 Å². The highest BCUT2D eigenvalue weighted by Crippen LogP contribution is 2.53. The van der Waals surface area contributed by atoms with Gasteiger partial charge in [-0.15, -0.1) is 0 Å². The summed E-state index contributed by atoms with van der Waals surface area (Å²) in [6, 6.07) is 6.00. The molecule has 2 bridgehead atoms. The topological polar surface area (TPSA) is 73.4 Å².